The van der Waals surface area contributed by atoms with E-state index in [0.717, 1.165) is 19.3 Å². The minimum absolute atomic E-state index is 0.106. The first kappa shape index (κ1) is 16.1. The summed E-state index contributed by atoms with van der Waals surface area (Å²) < 4.78 is 27.5. The predicted molar refractivity (Wildman–Crippen MR) is 79.7 cm³/mol. The maximum Gasteiger partial charge on any atom is 0.241 e. The molecule has 1 aromatic rings. The molecule has 0 atom stereocenters. The summed E-state index contributed by atoms with van der Waals surface area (Å²) in [4.78, 5) is 11.3. The summed E-state index contributed by atoms with van der Waals surface area (Å²) in [7, 11) is -3.69. The van der Waals surface area contributed by atoms with Crippen molar-refractivity contribution in [1.82, 2.24) is 4.72 Å². The fourth-order valence-electron chi connectivity index (χ4n) is 2.73. The second kappa shape index (κ2) is 6.25. The molecule has 0 unspecified atom stereocenters. The van der Waals surface area contributed by atoms with Gasteiger partial charge >= 0.3 is 0 Å². The molecule has 0 saturated heterocycles. The van der Waals surface area contributed by atoms with Gasteiger partial charge in [0.1, 0.15) is 0 Å². The highest BCUT2D eigenvalue weighted by molar-refractivity contribution is 7.89. The predicted octanol–water partition coefficient (Wildman–Crippen LogP) is 1.86. The van der Waals surface area contributed by atoms with Crippen LogP contribution < -0.4 is 4.72 Å². The third kappa shape index (κ3) is 3.70. The van der Waals surface area contributed by atoms with Gasteiger partial charge in [-0.05, 0) is 31.9 Å². The Kier molecular flexibility index (Phi) is 4.81. The lowest BCUT2D eigenvalue weighted by Gasteiger charge is -2.36. The average molecular weight is 311 g/mol. The van der Waals surface area contributed by atoms with Crippen molar-refractivity contribution in [1.29, 1.82) is 0 Å². The summed E-state index contributed by atoms with van der Waals surface area (Å²) in [6.07, 6.45) is 4.18. The molecule has 0 heterocycles. The molecule has 1 saturated carbocycles. The van der Waals surface area contributed by atoms with Crippen molar-refractivity contribution in [3.8, 4) is 0 Å². The standard InChI is InChI=1S/C15H21NO4S/c1-12(18)13-5-7-14(8-6-13)21(19,20)16-15(11-17)9-3-2-4-10-15/h5-8,16-17H,2-4,9-11H2,1H3. The number of benzene rings is 1. The number of aliphatic hydroxyl groups excluding tert-OH is 1. The van der Waals surface area contributed by atoms with E-state index in [9.17, 15) is 18.3 Å². The molecule has 6 heteroatoms. The van der Waals surface area contributed by atoms with E-state index in [2.05, 4.69) is 4.72 Å². The normalized spacial score (nSPS) is 18.4. The molecule has 0 aromatic heterocycles. The third-order valence-electron chi connectivity index (χ3n) is 4.04. The van der Waals surface area contributed by atoms with Crippen LogP contribution >= 0.6 is 0 Å². The van der Waals surface area contributed by atoms with Crippen LogP contribution in [0.25, 0.3) is 0 Å². The molecule has 1 aliphatic rings. The van der Waals surface area contributed by atoms with Crippen molar-refractivity contribution in [3.63, 3.8) is 0 Å². The van der Waals surface area contributed by atoms with Gasteiger partial charge in [0.2, 0.25) is 10.0 Å². The number of sulfonamides is 1. The van der Waals surface area contributed by atoms with Gasteiger partial charge in [0.05, 0.1) is 17.0 Å². The summed E-state index contributed by atoms with van der Waals surface area (Å²) in [5.41, 5.74) is -0.278. The van der Waals surface area contributed by atoms with Crippen molar-refractivity contribution in [2.75, 3.05) is 6.61 Å². The van der Waals surface area contributed by atoms with Crippen LogP contribution in [0.4, 0.5) is 0 Å². The Balaban J connectivity index is 2.22. The first-order chi connectivity index (χ1) is 9.88. The van der Waals surface area contributed by atoms with Crippen LogP contribution in [0.5, 0.6) is 0 Å². The minimum Gasteiger partial charge on any atom is -0.394 e. The molecule has 2 N–H and O–H groups in total. The number of hydrogen-bond donors (Lipinski definition) is 2. The van der Waals surface area contributed by atoms with E-state index < -0.39 is 15.6 Å². The van der Waals surface area contributed by atoms with Gasteiger partial charge in [0, 0.05) is 5.56 Å². The van der Waals surface area contributed by atoms with Crippen LogP contribution in [0.3, 0.4) is 0 Å². The minimum atomic E-state index is -3.69. The SMILES string of the molecule is CC(=O)c1ccc(S(=O)(=O)NC2(CO)CCCCC2)cc1. The molecule has 21 heavy (non-hydrogen) atoms. The monoisotopic (exact) mass is 311 g/mol. The topological polar surface area (TPSA) is 83.5 Å². The van der Waals surface area contributed by atoms with Crippen LogP contribution in [-0.2, 0) is 10.0 Å². The van der Waals surface area contributed by atoms with Crippen molar-refractivity contribution in [3.05, 3.63) is 29.8 Å². The zero-order valence-electron chi connectivity index (χ0n) is 12.1. The van der Waals surface area contributed by atoms with Crippen molar-refractivity contribution in [2.24, 2.45) is 0 Å². The fraction of sp³-hybridized carbons (Fsp3) is 0.533. The Labute approximate surface area is 125 Å². The lowest BCUT2D eigenvalue weighted by molar-refractivity contribution is 0.101. The third-order valence-corrected chi connectivity index (χ3v) is 5.63. The number of aliphatic hydroxyl groups is 1. The zero-order valence-corrected chi connectivity index (χ0v) is 12.9. The van der Waals surface area contributed by atoms with Gasteiger partial charge in [-0.3, -0.25) is 4.79 Å². The van der Waals surface area contributed by atoms with Gasteiger partial charge in [-0.2, -0.15) is 0 Å². The maximum absolute atomic E-state index is 12.4. The molecule has 1 aromatic carbocycles. The van der Waals surface area contributed by atoms with Crippen LogP contribution in [0.15, 0.2) is 29.2 Å². The highest BCUT2D eigenvalue weighted by atomic mass is 32.2. The highest BCUT2D eigenvalue weighted by Gasteiger charge is 2.35. The molecular formula is C15H21NO4S. The highest BCUT2D eigenvalue weighted by Crippen LogP contribution is 2.29. The van der Waals surface area contributed by atoms with Gasteiger partial charge in [-0.25, -0.2) is 13.1 Å². The molecule has 2 rings (SSSR count). The lowest BCUT2D eigenvalue weighted by atomic mass is 9.83. The number of rotatable bonds is 5. The quantitative estimate of drug-likeness (QED) is 0.813. The molecule has 1 fully saturated rings. The van der Waals surface area contributed by atoms with Gasteiger partial charge in [-0.1, -0.05) is 31.4 Å². The summed E-state index contributed by atoms with van der Waals surface area (Å²) in [6, 6.07) is 5.85. The Morgan fingerprint density at radius 1 is 1.19 bits per heavy atom. The van der Waals surface area contributed by atoms with Crippen molar-refractivity contribution in [2.45, 2.75) is 49.5 Å². The van der Waals surface area contributed by atoms with E-state index >= 15 is 0 Å². The molecule has 0 spiro atoms. The van der Waals surface area contributed by atoms with Gasteiger partial charge < -0.3 is 5.11 Å². The molecular weight excluding hydrogens is 290 g/mol. The molecule has 0 amide bonds. The molecule has 1 aliphatic carbocycles. The molecule has 0 aliphatic heterocycles. The van der Waals surface area contributed by atoms with Gasteiger partial charge in [-0.15, -0.1) is 0 Å². The number of carbonyl (C=O) groups is 1. The van der Waals surface area contributed by atoms with Crippen LogP contribution in [0, 0.1) is 0 Å². The molecule has 0 radical (unpaired) electrons. The zero-order chi connectivity index (χ0) is 15.5. The summed E-state index contributed by atoms with van der Waals surface area (Å²) in [5.74, 6) is -0.106. The number of hydrogen-bond acceptors (Lipinski definition) is 4. The second-order valence-corrected chi connectivity index (χ2v) is 7.37. The summed E-state index contributed by atoms with van der Waals surface area (Å²) in [5, 5.41) is 9.60. The smallest absolute Gasteiger partial charge is 0.241 e. The Bertz CT molecular complexity index is 601. The van der Waals surface area contributed by atoms with Crippen molar-refractivity contribution < 1.29 is 18.3 Å². The van der Waals surface area contributed by atoms with E-state index in [1.165, 1.54) is 31.2 Å². The number of ketones is 1. The molecule has 0 bridgehead atoms. The fourth-order valence-corrected chi connectivity index (χ4v) is 4.18. The molecule has 5 nitrogen and oxygen atoms in total. The van der Waals surface area contributed by atoms with Gasteiger partial charge in [0.25, 0.3) is 0 Å². The van der Waals surface area contributed by atoms with Gasteiger partial charge in [0.15, 0.2) is 5.78 Å². The lowest BCUT2D eigenvalue weighted by Crippen LogP contribution is -2.52. The molecule has 116 valence electrons. The summed E-state index contributed by atoms with van der Waals surface area (Å²) >= 11 is 0. The first-order valence-corrected chi connectivity index (χ1v) is 8.63. The van der Waals surface area contributed by atoms with Crippen LogP contribution in [0.1, 0.15) is 49.4 Å². The maximum atomic E-state index is 12.4. The van der Waals surface area contributed by atoms with E-state index in [-0.39, 0.29) is 17.3 Å². The van der Waals surface area contributed by atoms with Crippen molar-refractivity contribution >= 4 is 15.8 Å². The first-order valence-electron chi connectivity index (χ1n) is 7.14. The van der Waals surface area contributed by atoms with E-state index in [0.29, 0.717) is 18.4 Å². The van der Waals surface area contributed by atoms with E-state index in [4.69, 9.17) is 0 Å². The van der Waals surface area contributed by atoms with E-state index in [1.54, 1.807) is 0 Å². The Morgan fingerprint density at radius 2 is 1.76 bits per heavy atom. The summed E-state index contributed by atoms with van der Waals surface area (Å²) in [6.45, 7) is 1.24. The average Bonchev–Trinajstić information content (AvgIpc) is 2.48. The number of Topliss-reactive ketones (excluding diaryl/α,β-unsaturated/α-hetero) is 1. The van der Waals surface area contributed by atoms with Crippen LogP contribution in [0.2, 0.25) is 0 Å². The number of carbonyl (C=O) groups excluding carboxylic acids is 1. The number of nitrogens with one attached hydrogen (secondary N) is 1. The largest absolute Gasteiger partial charge is 0.394 e. The Morgan fingerprint density at radius 3 is 2.24 bits per heavy atom. The van der Waals surface area contributed by atoms with E-state index in [1.807, 2.05) is 0 Å². The second-order valence-electron chi connectivity index (χ2n) is 5.69. The Hall–Kier alpha value is -1.24. The van der Waals surface area contributed by atoms with Crippen LogP contribution in [-0.4, -0.2) is 31.5 Å².